The fourth-order valence-electron chi connectivity index (χ4n) is 3.22. The van der Waals surface area contributed by atoms with Gasteiger partial charge in [-0.2, -0.15) is 0 Å². The van der Waals surface area contributed by atoms with Crippen LogP contribution < -0.4 is 16.0 Å². The predicted octanol–water partition coefficient (Wildman–Crippen LogP) is 3.90. The van der Waals surface area contributed by atoms with Gasteiger partial charge in [0, 0.05) is 12.2 Å². The molecule has 0 aliphatic heterocycles. The molecule has 3 N–H and O–H groups in total. The highest BCUT2D eigenvalue weighted by Gasteiger charge is 2.16. The molecule has 1 aliphatic rings. The number of hydrogen-bond donors (Lipinski definition) is 3. The minimum Gasteiger partial charge on any atom is -0.444 e. The van der Waals surface area contributed by atoms with Crippen molar-refractivity contribution >= 4 is 23.6 Å². The maximum atomic E-state index is 12.2. The lowest BCUT2D eigenvalue weighted by Gasteiger charge is -2.19. The van der Waals surface area contributed by atoms with Gasteiger partial charge >= 0.3 is 6.09 Å². The molecule has 0 aromatic heterocycles. The third-order valence-electron chi connectivity index (χ3n) is 4.65. The highest BCUT2D eigenvalue weighted by molar-refractivity contribution is 5.99. The number of alkyl carbamates (subject to hydrolysis) is 1. The van der Waals surface area contributed by atoms with E-state index in [1.54, 1.807) is 26.8 Å². The first-order chi connectivity index (χ1) is 14.2. The van der Waals surface area contributed by atoms with Crippen molar-refractivity contribution in [3.05, 3.63) is 42.0 Å². The number of ether oxygens (including phenoxy) is 1. The van der Waals surface area contributed by atoms with Crippen LogP contribution in [0.15, 0.2) is 36.4 Å². The van der Waals surface area contributed by atoms with Gasteiger partial charge in [0.1, 0.15) is 12.1 Å². The van der Waals surface area contributed by atoms with Gasteiger partial charge in [0.2, 0.25) is 11.8 Å². The zero-order valence-corrected chi connectivity index (χ0v) is 18.1. The quantitative estimate of drug-likeness (QED) is 0.589. The molecule has 2 rings (SSSR count). The van der Waals surface area contributed by atoms with Crippen LogP contribution in [0.5, 0.6) is 0 Å². The average molecular weight is 416 g/mol. The van der Waals surface area contributed by atoms with E-state index in [4.69, 9.17) is 4.74 Å². The van der Waals surface area contributed by atoms with Gasteiger partial charge < -0.3 is 20.7 Å². The standard InChI is InChI=1S/C23H33N3O4/c1-23(2,3)30-22(29)25-16-21(28)24-15-18-10-7-11-19(14-18)26-20(27)13-12-17-8-5-4-6-9-17/h7,10-14,17H,4-6,8-9,15-16H2,1-3H3,(H,24,28)(H,25,29)(H,26,27)/b13-12+. The third-order valence-corrected chi connectivity index (χ3v) is 4.65. The summed E-state index contributed by atoms with van der Waals surface area (Å²) in [6, 6.07) is 7.30. The monoisotopic (exact) mass is 415 g/mol. The van der Waals surface area contributed by atoms with Crippen LogP contribution in [0.4, 0.5) is 10.5 Å². The summed E-state index contributed by atoms with van der Waals surface area (Å²) in [7, 11) is 0. The molecule has 0 saturated heterocycles. The lowest BCUT2D eigenvalue weighted by Crippen LogP contribution is -2.39. The molecule has 1 fully saturated rings. The van der Waals surface area contributed by atoms with Crippen molar-refractivity contribution in [3.8, 4) is 0 Å². The number of anilines is 1. The summed E-state index contributed by atoms with van der Waals surface area (Å²) in [6.45, 7) is 5.38. The van der Waals surface area contributed by atoms with Crippen molar-refractivity contribution < 1.29 is 19.1 Å². The molecule has 0 bridgehead atoms. The predicted molar refractivity (Wildman–Crippen MR) is 117 cm³/mol. The molecule has 0 heterocycles. The number of nitrogens with one attached hydrogen (secondary N) is 3. The van der Waals surface area contributed by atoms with Crippen molar-refractivity contribution in [3.63, 3.8) is 0 Å². The summed E-state index contributed by atoms with van der Waals surface area (Å²) in [5.41, 5.74) is 0.901. The number of benzene rings is 1. The van der Waals surface area contributed by atoms with E-state index in [-0.39, 0.29) is 24.9 Å². The number of amides is 3. The summed E-state index contributed by atoms with van der Waals surface area (Å²) in [5, 5.41) is 8.01. The Morgan fingerprint density at radius 3 is 2.53 bits per heavy atom. The zero-order chi connectivity index (χ0) is 22.0. The van der Waals surface area contributed by atoms with E-state index in [1.807, 2.05) is 30.3 Å². The largest absolute Gasteiger partial charge is 0.444 e. The van der Waals surface area contributed by atoms with Crippen LogP contribution in [0, 0.1) is 5.92 Å². The first-order valence-electron chi connectivity index (χ1n) is 10.5. The summed E-state index contributed by atoms with van der Waals surface area (Å²) >= 11 is 0. The van der Waals surface area contributed by atoms with Crippen LogP contribution in [0.3, 0.4) is 0 Å². The van der Waals surface area contributed by atoms with Gasteiger partial charge in [0.25, 0.3) is 0 Å². The highest BCUT2D eigenvalue weighted by atomic mass is 16.6. The smallest absolute Gasteiger partial charge is 0.408 e. The fraction of sp³-hybridized carbons (Fsp3) is 0.522. The van der Waals surface area contributed by atoms with Crippen molar-refractivity contribution in [1.82, 2.24) is 10.6 Å². The second-order valence-corrected chi connectivity index (χ2v) is 8.58. The first-order valence-corrected chi connectivity index (χ1v) is 10.5. The van der Waals surface area contributed by atoms with Crippen LogP contribution in [-0.4, -0.2) is 30.1 Å². The Kier molecular flexibility index (Phi) is 8.89. The highest BCUT2D eigenvalue weighted by Crippen LogP contribution is 2.24. The minimum atomic E-state index is -0.636. The van der Waals surface area contributed by atoms with Gasteiger partial charge in [0.05, 0.1) is 0 Å². The molecule has 0 atom stereocenters. The van der Waals surface area contributed by atoms with E-state index in [9.17, 15) is 14.4 Å². The number of rotatable bonds is 7. The van der Waals surface area contributed by atoms with E-state index < -0.39 is 11.7 Å². The molecule has 3 amide bonds. The molecular weight excluding hydrogens is 382 g/mol. The van der Waals surface area contributed by atoms with Crippen molar-refractivity contribution in [2.45, 2.75) is 65.0 Å². The molecule has 0 unspecified atom stereocenters. The molecule has 1 aliphatic carbocycles. The van der Waals surface area contributed by atoms with E-state index in [2.05, 4.69) is 16.0 Å². The van der Waals surface area contributed by atoms with E-state index in [1.165, 1.54) is 19.3 Å². The Labute approximate surface area is 178 Å². The Hall–Kier alpha value is -2.83. The Morgan fingerprint density at radius 2 is 1.83 bits per heavy atom. The summed E-state index contributed by atoms with van der Waals surface area (Å²) in [6.07, 6.45) is 9.06. The van der Waals surface area contributed by atoms with E-state index in [0.717, 1.165) is 18.4 Å². The second kappa shape index (κ2) is 11.4. The van der Waals surface area contributed by atoms with Gasteiger partial charge in [-0.3, -0.25) is 9.59 Å². The van der Waals surface area contributed by atoms with Gasteiger partial charge in [-0.25, -0.2) is 4.79 Å². The molecule has 7 nitrogen and oxygen atoms in total. The Balaban J connectivity index is 1.75. The van der Waals surface area contributed by atoms with Crippen molar-refractivity contribution in [2.75, 3.05) is 11.9 Å². The summed E-state index contributed by atoms with van der Waals surface area (Å²) < 4.78 is 5.09. The molecule has 1 saturated carbocycles. The fourth-order valence-corrected chi connectivity index (χ4v) is 3.22. The van der Waals surface area contributed by atoms with Crippen LogP contribution in [0.1, 0.15) is 58.4 Å². The second-order valence-electron chi connectivity index (χ2n) is 8.58. The third kappa shape index (κ3) is 9.58. The maximum absolute atomic E-state index is 12.2. The summed E-state index contributed by atoms with van der Waals surface area (Å²) in [5.74, 6) is 0.0226. The summed E-state index contributed by atoms with van der Waals surface area (Å²) in [4.78, 5) is 35.7. The van der Waals surface area contributed by atoms with Crippen LogP contribution in [-0.2, 0) is 20.9 Å². The first kappa shape index (κ1) is 23.4. The minimum absolute atomic E-state index is 0.150. The maximum Gasteiger partial charge on any atom is 0.408 e. The van der Waals surface area contributed by atoms with Crippen molar-refractivity contribution in [2.24, 2.45) is 5.92 Å². The number of carbonyl (C=O) groups excluding carboxylic acids is 3. The molecule has 7 heteroatoms. The molecule has 1 aromatic rings. The number of hydrogen-bond acceptors (Lipinski definition) is 4. The lowest BCUT2D eigenvalue weighted by atomic mass is 9.89. The molecule has 1 aromatic carbocycles. The SMILES string of the molecule is CC(C)(C)OC(=O)NCC(=O)NCc1cccc(NC(=O)/C=C/C2CCCCC2)c1. The van der Waals surface area contributed by atoms with Gasteiger partial charge in [0.15, 0.2) is 0 Å². The topological polar surface area (TPSA) is 96.5 Å². The average Bonchev–Trinajstić information content (AvgIpc) is 2.69. The van der Waals surface area contributed by atoms with Gasteiger partial charge in [-0.15, -0.1) is 0 Å². The molecule has 30 heavy (non-hydrogen) atoms. The lowest BCUT2D eigenvalue weighted by molar-refractivity contribution is -0.120. The van der Waals surface area contributed by atoms with Gasteiger partial charge in [-0.05, 0) is 63.3 Å². The molecule has 164 valence electrons. The molecule has 0 radical (unpaired) electrons. The molecule has 0 spiro atoms. The number of allylic oxidation sites excluding steroid dienone is 1. The van der Waals surface area contributed by atoms with Crippen LogP contribution in [0.25, 0.3) is 0 Å². The van der Waals surface area contributed by atoms with E-state index in [0.29, 0.717) is 11.6 Å². The van der Waals surface area contributed by atoms with E-state index >= 15 is 0 Å². The van der Waals surface area contributed by atoms with Crippen LogP contribution >= 0.6 is 0 Å². The molecular formula is C23H33N3O4. The van der Waals surface area contributed by atoms with Crippen LogP contribution in [0.2, 0.25) is 0 Å². The Bertz CT molecular complexity index is 762. The number of carbonyl (C=O) groups is 3. The van der Waals surface area contributed by atoms with Gasteiger partial charge in [-0.1, -0.05) is 37.5 Å². The Morgan fingerprint density at radius 1 is 1.10 bits per heavy atom. The van der Waals surface area contributed by atoms with Crippen molar-refractivity contribution in [1.29, 1.82) is 0 Å². The normalized spacial score (nSPS) is 14.9. The zero-order valence-electron chi connectivity index (χ0n) is 18.1.